The molecule has 126 valence electrons. The highest BCUT2D eigenvalue weighted by molar-refractivity contribution is 5.27. The Morgan fingerprint density at radius 2 is 1.73 bits per heavy atom. The van der Waals surface area contributed by atoms with Crippen LogP contribution in [0.15, 0.2) is 24.3 Å². The molecule has 1 atom stereocenters. The van der Waals surface area contributed by atoms with E-state index in [1.807, 2.05) is 12.1 Å². The summed E-state index contributed by atoms with van der Waals surface area (Å²) in [7, 11) is 3.24. The van der Waals surface area contributed by atoms with Crippen molar-refractivity contribution in [2.24, 2.45) is 0 Å². The van der Waals surface area contributed by atoms with E-state index in [0.717, 1.165) is 18.8 Å². The van der Waals surface area contributed by atoms with Crippen LogP contribution < -0.4 is 10.1 Å². The first-order chi connectivity index (χ1) is 10.8. The summed E-state index contributed by atoms with van der Waals surface area (Å²) in [6.45, 7) is 4.65. The molecule has 0 aliphatic carbocycles. The molecular formula is C18H31NO3. The molecule has 0 fully saturated rings. The molecule has 0 saturated carbocycles. The van der Waals surface area contributed by atoms with Crippen LogP contribution in [0.2, 0.25) is 0 Å². The standard InChI is InChI=1S/C18H31NO3/c1-4-5-6-7-8-13-19-14-16-9-11-17(12-10-16)22-18(21-3)15-20-2/h9-12,18-19H,4-8,13-15H2,1-3H3. The highest BCUT2D eigenvalue weighted by Gasteiger charge is 2.08. The van der Waals surface area contributed by atoms with E-state index in [4.69, 9.17) is 14.2 Å². The maximum Gasteiger partial charge on any atom is 0.223 e. The van der Waals surface area contributed by atoms with Crippen molar-refractivity contribution >= 4 is 0 Å². The molecule has 0 aliphatic rings. The summed E-state index contributed by atoms with van der Waals surface area (Å²) in [6, 6.07) is 8.11. The third-order valence-electron chi connectivity index (χ3n) is 3.54. The number of rotatable bonds is 13. The van der Waals surface area contributed by atoms with Crippen molar-refractivity contribution in [2.45, 2.75) is 51.9 Å². The van der Waals surface area contributed by atoms with Gasteiger partial charge >= 0.3 is 0 Å². The second-order valence-electron chi connectivity index (χ2n) is 5.47. The maximum absolute atomic E-state index is 5.67. The number of benzene rings is 1. The van der Waals surface area contributed by atoms with Gasteiger partial charge in [-0.2, -0.15) is 0 Å². The van der Waals surface area contributed by atoms with Crippen molar-refractivity contribution < 1.29 is 14.2 Å². The minimum absolute atomic E-state index is 0.364. The average molecular weight is 309 g/mol. The lowest BCUT2D eigenvalue weighted by Crippen LogP contribution is -2.24. The quantitative estimate of drug-likeness (QED) is 0.445. The Balaban J connectivity index is 2.21. The lowest BCUT2D eigenvalue weighted by molar-refractivity contribution is -0.0931. The summed E-state index contributed by atoms with van der Waals surface area (Å²) < 4.78 is 15.9. The van der Waals surface area contributed by atoms with Gasteiger partial charge in [0.05, 0.1) is 0 Å². The molecule has 0 bridgehead atoms. The predicted molar refractivity (Wildman–Crippen MR) is 90.2 cm³/mol. The smallest absolute Gasteiger partial charge is 0.223 e. The summed E-state index contributed by atoms with van der Waals surface area (Å²) in [5, 5.41) is 3.48. The molecule has 1 rings (SSSR count). The van der Waals surface area contributed by atoms with Gasteiger partial charge in [-0.05, 0) is 30.7 Å². The fourth-order valence-electron chi connectivity index (χ4n) is 2.21. The molecule has 4 nitrogen and oxygen atoms in total. The van der Waals surface area contributed by atoms with E-state index < -0.39 is 0 Å². The molecule has 22 heavy (non-hydrogen) atoms. The largest absolute Gasteiger partial charge is 0.462 e. The second-order valence-corrected chi connectivity index (χ2v) is 5.47. The van der Waals surface area contributed by atoms with Gasteiger partial charge in [-0.15, -0.1) is 0 Å². The molecule has 4 heteroatoms. The van der Waals surface area contributed by atoms with Gasteiger partial charge in [-0.3, -0.25) is 0 Å². The van der Waals surface area contributed by atoms with Crippen LogP contribution in [0.25, 0.3) is 0 Å². The van der Waals surface area contributed by atoms with Crippen molar-refractivity contribution in [3.05, 3.63) is 29.8 Å². The third-order valence-corrected chi connectivity index (χ3v) is 3.54. The number of nitrogens with one attached hydrogen (secondary N) is 1. The zero-order valence-corrected chi connectivity index (χ0v) is 14.3. The molecule has 0 radical (unpaired) electrons. The van der Waals surface area contributed by atoms with E-state index in [1.54, 1.807) is 14.2 Å². The number of hydrogen-bond acceptors (Lipinski definition) is 4. The lowest BCUT2D eigenvalue weighted by atomic mass is 10.1. The van der Waals surface area contributed by atoms with Crippen LogP contribution in [0.3, 0.4) is 0 Å². The molecule has 1 unspecified atom stereocenters. The predicted octanol–water partition coefficient (Wildman–Crippen LogP) is 3.74. The summed E-state index contributed by atoms with van der Waals surface area (Å²) in [5.74, 6) is 0.798. The maximum atomic E-state index is 5.67. The van der Waals surface area contributed by atoms with Crippen molar-refractivity contribution in [1.29, 1.82) is 0 Å². The van der Waals surface area contributed by atoms with Crippen LogP contribution in [0, 0.1) is 0 Å². The number of hydrogen-bond donors (Lipinski definition) is 1. The zero-order valence-electron chi connectivity index (χ0n) is 14.3. The van der Waals surface area contributed by atoms with Gasteiger partial charge in [0.1, 0.15) is 12.4 Å². The second kappa shape index (κ2) is 12.4. The van der Waals surface area contributed by atoms with Crippen molar-refractivity contribution in [2.75, 3.05) is 27.4 Å². The summed E-state index contributed by atoms with van der Waals surface area (Å²) >= 11 is 0. The third kappa shape index (κ3) is 8.37. The first kappa shape index (κ1) is 18.9. The van der Waals surface area contributed by atoms with Gasteiger partial charge in [0.25, 0.3) is 0 Å². The average Bonchev–Trinajstić information content (AvgIpc) is 2.55. The molecule has 1 N–H and O–H groups in total. The molecule has 0 heterocycles. The SMILES string of the molecule is CCCCCCCNCc1ccc(OC(COC)OC)cc1. The first-order valence-electron chi connectivity index (χ1n) is 8.28. The van der Waals surface area contributed by atoms with E-state index in [1.165, 1.54) is 37.7 Å². The van der Waals surface area contributed by atoms with Gasteiger partial charge in [0.15, 0.2) is 0 Å². The highest BCUT2D eigenvalue weighted by Crippen LogP contribution is 2.14. The summed E-state index contributed by atoms with van der Waals surface area (Å²) in [5.41, 5.74) is 1.27. The fraction of sp³-hybridized carbons (Fsp3) is 0.667. The van der Waals surface area contributed by atoms with Crippen LogP contribution in [-0.4, -0.2) is 33.7 Å². The molecular weight excluding hydrogens is 278 g/mol. The molecule has 0 aliphatic heterocycles. The molecule has 1 aromatic rings. The van der Waals surface area contributed by atoms with Crippen molar-refractivity contribution in [3.63, 3.8) is 0 Å². The minimum atomic E-state index is -0.364. The Kier molecular flexibility index (Phi) is 10.7. The molecule has 0 amide bonds. The molecule has 0 aromatic heterocycles. The summed E-state index contributed by atoms with van der Waals surface area (Å²) in [6.07, 6.45) is 6.23. The van der Waals surface area contributed by atoms with Gasteiger partial charge in [-0.1, -0.05) is 44.7 Å². The monoisotopic (exact) mass is 309 g/mol. The first-order valence-corrected chi connectivity index (χ1v) is 8.28. The minimum Gasteiger partial charge on any atom is -0.462 e. The molecule has 0 spiro atoms. The van der Waals surface area contributed by atoms with Crippen LogP contribution in [0.4, 0.5) is 0 Å². The van der Waals surface area contributed by atoms with Gasteiger partial charge in [0, 0.05) is 20.8 Å². The summed E-state index contributed by atoms with van der Waals surface area (Å²) in [4.78, 5) is 0. The van der Waals surface area contributed by atoms with E-state index in [-0.39, 0.29) is 6.29 Å². The Bertz CT molecular complexity index is 367. The van der Waals surface area contributed by atoms with E-state index in [9.17, 15) is 0 Å². The van der Waals surface area contributed by atoms with Crippen LogP contribution in [-0.2, 0) is 16.0 Å². The Labute approximate surface area is 135 Å². The highest BCUT2D eigenvalue weighted by atomic mass is 16.7. The van der Waals surface area contributed by atoms with E-state index in [0.29, 0.717) is 6.61 Å². The van der Waals surface area contributed by atoms with Crippen LogP contribution in [0.1, 0.15) is 44.6 Å². The Morgan fingerprint density at radius 3 is 2.36 bits per heavy atom. The number of ether oxygens (including phenoxy) is 3. The number of methoxy groups -OCH3 is 2. The normalized spacial score (nSPS) is 12.3. The topological polar surface area (TPSA) is 39.7 Å². The Morgan fingerprint density at radius 1 is 1.00 bits per heavy atom. The van der Waals surface area contributed by atoms with Crippen LogP contribution >= 0.6 is 0 Å². The van der Waals surface area contributed by atoms with Gasteiger partial charge in [-0.25, -0.2) is 0 Å². The van der Waals surface area contributed by atoms with Gasteiger partial charge < -0.3 is 19.5 Å². The zero-order chi connectivity index (χ0) is 16.0. The van der Waals surface area contributed by atoms with E-state index >= 15 is 0 Å². The Hall–Kier alpha value is -1.10. The van der Waals surface area contributed by atoms with Crippen molar-refractivity contribution in [1.82, 2.24) is 5.32 Å². The van der Waals surface area contributed by atoms with Gasteiger partial charge in [0.2, 0.25) is 6.29 Å². The molecule has 1 aromatic carbocycles. The van der Waals surface area contributed by atoms with Crippen molar-refractivity contribution in [3.8, 4) is 5.75 Å². The number of unbranched alkanes of at least 4 members (excludes halogenated alkanes) is 4. The lowest BCUT2D eigenvalue weighted by Gasteiger charge is -2.16. The van der Waals surface area contributed by atoms with Crippen LogP contribution in [0.5, 0.6) is 5.75 Å². The van der Waals surface area contributed by atoms with E-state index in [2.05, 4.69) is 24.4 Å². The fourth-order valence-corrected chi connectivity index (χ4v) is 2.21. The molecule has 0 saturated heterocycles.